The maximum atomic E-state index is 3.64. The highest BCUT2D eigenvalue weighted by atomic mass is 14.9. The fourth-order valence-electron chi connectivity index (χ4n) is 2.75. The topological polar surface area (TPSA) is 12.0 Å². The summed E-state index contributed by atoms with van der Waals surface area (Å²) in [5.74, 6) is 0. The molecule has 1 heteroatoms. The Morgan fingerprint density at radius 1 is 0.750 bits per heavy atom. The Hall–Kier alpha value is -1.76. The van der Waals surface area contributed by atoms with Gasteiger partial charge in [0, 0.05) is 11.7 Å². The van der Waals surface area contributed by atoms with Crippen molar-refractivity contribution in [3.05, 3.63) is 64.7 Å². The molecule has 0 unspecified atom stereocenters. The molecule has 0 aromatic heterocycles. The van der Waals surface area contributed by atoms with Crippen LogP contribution < -0.4 is 5.32 Å². The molecule has 0 saturated heterocycles. The summed E-state index contributed by atoms with van der Waals surface area (Å²) in [6.45, 7) is 18.1. The second-order valence-electron chi connectivity index (χ2n) is 9.08. The molecule has 2 aromatic rings. The van der Waals surface area contributed by atoms with Crippen LogP contribution >= 0.6 is 0 Å². The van der Waals surface area contributed by atoms with E-state index in [0.29, 0.717) is 0 Å². The van der Waals surface area contributed by atoms with Crippen LogP contribution in [0.1, 0.15) is 76.8 Å². The van der Waals surface area contributed by atoms with Gasteiger partial charge in [-0.2, -0.15) is 0 Å². The third kappa shape index (κ3) is 4.63. The van der Waals surface area contributed by atoms with Gasteiger partial charge in [-0.3, -0.25) is 0 Å². The zero-order valence-corrected chi connectivity index (χ0v) is 16.6. The third-order valence-corrected chi connectivity index (χ3v) is 4.62. The molecule has 130 valence electrons. The lowest BCUT2D eigenvalue weighted by molar-refractivity contribution is 0.566. The lowest BCUT2D eigenvalue weighted by Crippen LogP contribution is -2.18. The summed E-state index contributed by atoms with van der Waals surface area (Å²) in [6.07, 6.45) is 0. The van der Waals surface area contributed by atoms with E-state index in [1.807, 2.05) is 0 Å². The first-order chi connectivity index (χ1) is 11.0. The monoisotopic (exact) mass is 323 g/mol. The summed E-state index contributed by atoms with van der Waals surface area (Å²) in [5.41, 5.74) is 6.93. The maximum absolute atomic E-state index is 3.64. The molecule has 2 rings (SSSR count). The van der Waals surface area contributed by atoms with Crippen LogP contribution in [-0.4, -0.2) is 0 Å². The molecule has 0 aliphatic carbocycles. The van der Waals surface area contributed by atoms with E-state index in [2.05, 4.69) is 103 Å². The SMILES string of the molecule is Cc1ccc(N[C@H](C)c2cc(C(C)(C)C)cc(C(C)(C)C)c2)cc1. The summed E-state index contributed by atoms with van der Waals surface area (Å²) in [6, 6.07) is 16.0. The molecule has 0 saturated carbocycles. The van der Waals surface area contributed by atoms with Crippen molar-refractivity contribution < 1.29 is 0 Å². The van der Waals surface area contributed by atoms with Crippen molar-refractivity contribution >= 4 is 5.69 Å². The van der Waals surface area contributed by atoms with Crippen LogP contribution in [0.4, 0.5) is 5.69 Å². The molecule has 2 aromatic carbocycles. The molecule has 0 heterocycles. The first-order valence-electron chi connectivity index (χ1n) is 8.96. The van der Waals surface area contributed by atoms with Gasteiger partial charge in [-0.05, 0) is 53.5 Å². The van der Waals surface area contributed by atoms with E-state index in [1.54, 1.807) is 0 Å². The largest absolute Gasteiger partial charge is 0.379 e. The smallest absolute Gasteiger partial charge is 0.0485 e. The van der Waals surface area contributed by atoms with Crippen molar-refractivity contribution in [1.82, 2.24) is 0 Å². The van der Waals surface area contributed by atoms with E-state index in [0.717, 1.165) is 0 Å². The van der Waals surface area contributed by atoms with Crippen molar-refractivity contribution in [3.8, 4) is 0 Å². The number of anilines is 1. The standard InChI is InChI=1S/C23H33N/c1-16-9-11-21(12-10-16)24-17(2)18-13-19(22(3,4)5)15-20(14-18)23(6,7)8/h9-15,17,24H,1-8H3/t17-/m1/s1. The van der Waals surface area contributed by atoms with Gasteiger partial charge in [-0.1, -0.05) is 77.4 Å². The molecule has 1 N–H and O–H groups in total. The molecule has 0 bridgehead atoms. The van der Waals surface area contributed by atoms with Crippen LogP contribution in [0, 0.1) is 6.92 Å². The predicted molar refractivity (Wildman–Crippen MR) is 107 cm³/mol. The van der Waals surface area contributed by atoms with Gasteiger partial charge in [0.05, 0.1) is 0 Å². The molecule has 24 heavy (non-hydrogen) atoms. The van der Waals surface area contributed by atoms with Crippen molar-refractivity contribution in [3.63, 3.8) is 0 Å². The first kappa shape index (κ1) is 18.6. The number of hydrogen-bond donors (Lipinski definition) is 1. The molecular weight excluding hydrogens is 290 g/mol. The van der Waals surface area contributed by atoms with Crippen molar-refractivity contribution in [2.45, 2.75) is 72.3 Å². The molecule has 0 spiro atoms. The Kier molecular flexibility index (Phi) is 5.13. The predicted octanol–water partition coefficient (Wildman–Crippen LogP) is 6.76. The van der Waals surface area contributed by atoms with Crippen molar-refractivity contribution in [2.24, 2.45) is 0 Å². The van der Waals surface area contributed by atoms with Crippen LogP contribution in [0.2, 0.25) is 0 Å². The summed E-state index contributed by atoms with van der Waals surface area (Å²) in [7, 11) is 0. The Morgan fingerprint density at radius 2 is 1.21 bits per heavy atom. The zero-order chi connectivity index (χ0) is 18.1. The van der Waals surface area contributed by atoms with Gasteiger partial charge in [0.25, 0.3) is 0 Å². The average molecular weight is 324 g/mol. The van der Waals surface area contributed by atoms with Crippen LogP contribution in [0.3, 0.4) is 0 Å². The quantitative estimate of drug-likeness (QED) is 0.657. The molecule has 1 nitrogen and oxygen atoms in total. The van der Waals surface area contributed by atoms with Gasteiger partial charge >= 0.3 is 0 Å². The van der Waals surface area contributed by atoms with E-state index in [9.17, 15) is 0 Å². The summed E-state index contributed by atoms with van der Waals surface area (Å²) in [5, 5.41) is 3.64. The maximum Gasteiger partial charge on any atom is 0.0485 e. The Morgan fingerprint density at radius 3 is 1.62 bits per heavy atom. The second kappa shape index (κ2) is 6.63. The number of nitrogens with one attached hydrogen (secondary N) is 1. The summed E-state index contributed by atoms with van der Waals surface area (Å²) >= 11 is 0. The zero-order valence-electron chi connectivity index (χ0n) is 16.6. The normalized spacial score (nSPS) is 13.7. The molecule has 0 fully saturated rings. The first-order valence-corrected chi connectivity index (χ1v) is 8.96. The minimum atomic E-state index is 0.152. The molecule has 0 radical (unpaired) electrons. The number of hydrogen-bond acceptors (Lipinski definition) is 1. The molecule has 1 atom stereocenters. The third-order valence-electron chi connectivity index (χ3n) is 4.62. The molecular formula is C23H33N. The van der Waals surface area contributed by atoms with E-state index in [1.165, 1.54) is 27.9 Å². The summed E-state index contributed by atoms with van der Waals surface area (Å²) < 4.78 is 0. The van der Waals surface area contributed by atoms with Gasteiger partial charge in [0.15, 0.2) is 0 Å². The Labute approximate surface area is 148 Å². The molecule has 0 aliphatic rings. The van der Waals surface area contributed by atoms with Gasteiger partial charge in [0.2, 0.25) is 0 Å². The highest BCUT2D eigenvalue weighted by Crippen LogP contribution is 2.32. The van der Waals surface area contributed by atoms with E-state index in [4.69, 9.17) is 0 Å². The van der Waals surface area contributed by atoms with Crippen LogP contribution in [-0.2, 0) is 10.8 Å². The fourth-order valence-corrected chi connectivity index (χ4v) is 2.75. The van der Waals surface area contributed by atoms with E-state index >= 15 is 0 Å². The second-order valence-corrected chi connectivity index (χ2v) is 9.08. The molecule has 0 aliphatic heterocycles. The average Bonchev–Trinajstić information content (AvgIpc) is 2.47. The van der Waals surface area contributed by atoms with Gasteiger partial charge in [0.1, 0.15) is 0 Å². The highest BCUT2D eigenvalue weighted by molar-refractivity contribution is 5.48. The number of rotatable bonds is 3. The minimum absolute atomic E-state index is 0.152. The van der Waals surface area contributed by atoms with E-state index in [-0.39, 0.29) is 16.9 Å². The Balaban J connectivity index is 2.38. The van der Waals surface area contributed by atoms with E-state index < -0.39 is 0 Å². The number of benzene rings is 2. The van der Waals surface area contributed by atoms with Gasteiger partial charge in [-0.15, -0.1) is 0 Å². The lowest BCUT2D eigenvalue weighted by atomic mass is 9.79. The van der Waals surface area contributed by atoms with Gasteiger partial charge < -0.3 is 5.32 Å². The lowest BCUT2D eigenvalue weighted by Gasteiger charge is -2.28. The van der Waals surface area contributed by atoms with Crippen molar-refractivity contribution in [2.75, 3.05) is 5.32 Å². The van der Waals surface area contributed by atoms with Crippen LogP contribution in [0.15, 0.2) is 42.5 Å². The number of aryl methyl sites for hydroxylation is 1. The van der Waals surface area contributed by atoms with Crippen molar-refractivity contribution in [1.29, 1.82) is 0 Å². The van der Waals surface area contributed by atoms with Crippen LogP contribution in [0.5, 0.6) is 0 Å². The fraction of sp³-hybridized carbons (Fsp3) is 0.478. The highest BCUT2D eigenvalue weighted by Gasteiger charge is 2.21. The summed E-state index contributed by atoms with van der Waals surface area (Å²) in [4.78, 5) is 0. The minimum Gasteiger partial charge on any atom is -0.379 e. The Bertz CT molecular complexity index is 649. The molecule has 0 amide bonds. The van der Waals surface area contributed by atoms with Crippen LogP contribution in [0.25, 0.3) is 0 Å². The van der Waals surface area contributed by atoms with Gasteiger partial charge in [-0.25, -0.2) is 0 Å².